The zero-order chi connectivity index (χ0) is 12.3. The van der Waals surface area contributed by atoms with E-state index in [1.165, 1.54) is 61.4 Å². The molecule has 0 fully saturated rings. The number of aromatic nitrogens is 2. The Morgan fingerprint density at radius 2 is 2.00 bits per heavy atom. The monoisotopic (exact) mass is 255 g/mol. The Bertz CT molecular complexity index is 262. The van der Waals surface area contributed by atoms with Crippen LogP contribution in [0.1, 0.15) is 69.7 Å². The quantitative estimate of drug-likeness (QED) is 0.643. The maximum absolute atomic E-state index is 3.96. The summed E-state index contributed by atoms with van der Waals surface area (Å²) in [4.78, 5) is 1.29. The second kappa shape index (κ2) is 9.54. The number of unbranched alkanes of at least 4 members (excludes halogenated alkanes) is 4. The smallest absolute Gasteiger partial charge is 0.0669 e. The van der Waals surface area contributed by atoms with Gasteiger partial charge in [-0.15, -0.1) is 5.10 Å². The molecule has 3 nitrogen and oxygen atoms in total. The number of hydrogen-bond acceptors (Lipinski definition) is 4. The molecule has 17 heavy (non-hydrogen) atoms. The van der Waals surface area contributed by atoms with Gasteiger partial charge >= 0.3 is 0 Å². The molecule has 0 aliphatic heterocycles. The van der Waals surface area contributed by atoms with Crippen LogP contribution in [0.25, 0.3) is 0 Å². The van der Waals surface area contributed by atoms with Crippen LogP contribution in [-0.2, 0) is 0 Å². The maximum Gasteiger partial charge on any atom is 0.0669 e. The van der Waals surface area contributed by atoms with Crippen molar-refractivity contribution >= 4 is 11.5 Å². The van der Waals surface area contributed by atoms with E-state index in [-0.39, 0.29) is 0 Å². The summed E-state index contributed by atoms with van der Waals surface area (Å²) in [6.07, 6.45) is 11.0. The molecule has 0 spiro atoms. The van der Waals surface area contributed by atoms with Gasteiger partial charge in [0.05, 0.1) is 11.1 Å². The Morgan fingerprint density at radius 1 is 1.18 bits per heavy atom. The van der Waals surface area contributed by atoms with Crippen LogP contribution in [0.5, 0.6) is 0 Å². The van der Waals surface area contributed by atoms with Crippen LogP contribution in [0.2, 0.25) is 0 Å². The lowest BCUT2D eigenvalue weighted by molar-refractivity contribution is 0.473. The van der Waals surface area contributed by atoms with Crippen LogP contribution in [0, 0.1) is 0 Å². The molecule has 0 aliphatic rings. The first-order valence-electron chi connectivity index (χ1n) is 6.89. The molecular weight excluding hydrogens is 230 g/mol. The Hall–Kier alpha value is -0.480. The molecule has 1 unspecified atom stereocenters. The van der Waals surface area contributed by atoms with Crippen LogP contribution in [0.4, 0.5) is 0 Å². The summed E-state index contributed by atoms with van der Waals surface area (Å²) < 4.78 is 3.96. The van der Waals surface area contributed by atoms with Crippen molar-refractivity contribution in [3.63, 3.8) is 0 Å². The van der Waals surface area contributed by atoms with Gasteiger partial charge in [-0.2, -0.15) is 0 Å². The highest BCUT2D eigenvalue weighted by Crippen LogP contribution is 2.22. The highest BCUT2D eigenvalue weighted by molar-refractivity contribution is 7.05. The maximum atomic E-state index is 3.96. The van der Waals surface area contributed by atoms with Crippen LogP contribution in [0.15, 0.2) is 6.20 Å². The molecule has 0 aliphatic carbocycles. The highest BCUT2D eigenvalue weighted by Gasteiger charge is 2.12. The van der Waals surface area contributed by atoms with Crippen LogP contribution >= 0.6 is 11.5 Å². The molecule has 0 bridgehead atoms. The Morgan fingerprint density at radius 3 is 2.65 bits per heavy atom. The summed E-state index contributed by atoms with van der Waals surface area (Å²) in [6.45, 7) is 5.54. The molecule has 1 aromatic rings. The minimum absolute atomic E-state index is 0.469. The van der Waals surface area contributed by atoms with Crippen LogP contribution in [-0.4, -0.2) is 16.1 Å². The Kier molecular flexibility index (Phi) is 8.18. The first-order valence-corrected chi connectivity index (χ1v) is 7.66. The lowest BCUT2D eigenvalue weighted by Crippen LogP contribution is -2.21. The first-order chi connectivity index (χ1) is 8.38. The SMILES string of the molecule is CCCCCCCC(NCCC)c1cnns1. The van der Waals surface area contributed by atoms with E-state index in [0.717, 1.165) is 6.54 Å². The fourth-order valence-corrected chi connectivity index (χ4v) is 2.56. The second-order valence-corrected chi connectivity index (χ2v) is 5.35. The van der Waals surface area contributed by atoms with Gasteiger partial charge in [-0.3, -0.25) is 0 Å². The van der Waals surface area contributed by atoms with E-state index >= 15 is 0 Å². The first kappa shape index (κ1) is 14.6. The predicted molar refractivity (Wildman–Crippen MR) is 74.3 cm³/mol. The number of nitrogens with one attached hydrogen (secondary N) is 1. The average molecular weight is 255 g/mol. The van der Waals surface area contributed by atoms with Crippen LogP contribution < -0.4 is 5.32 Å². The zero-order valence-corrected chi connectivity index (χ0v) is 11.9. The van der Waals surface area contributed by atoms with Crippen molar-refractivity contribution in [2.24, 2.45) is 0 Å². The van der Waals surface area contributed by atoms with E-state index in [1.807, 2.05) is 6.20 Å². The van der Waals surface area contributed by atoms with Crippen molar-refractivity contribution in [3.8, 4) is 0 Å². The molecular formula is C13H25N3S. The van der Waals surface area contributed by atoms with Gasteiger partial charge in [0, 0.05) is 6.04 Å². The van der Waals surface area contributed by atoms with Crippen molar-refractivity contribution in [3.05, 3.63) is 11.1 Å². The molecule has 0 amide bonds. The third-order valence-corrected chi connectivity index (χ3v) is 3.74. The van der Waals surface area contributed by atoms with Gasteiger partial charge in [0.1, 0.15) is 0 Å². The molecule has 98 valence electrons. The molecule has 1 atom stereocenters. The summed E-state index contributed by atoms with van der Waals surface area (Å²) in [5, 5.41) is 7.53. The van der Waals surface area contributed by atoms with E-state index in [0.29, 0.717) is 6.04 Å². The molecule has 4 heteroatoms. The lowest BCUT2D eigenvalue weighted by atomic mass is 10.1. The van der Waals surface area contributed by atoms with E-state index < -0.39 is 0 Å². The predicted octanol–water partition coefficient (Wildman–Crippen LogP) is 3.94. The third kappa shape index (κ3) is 6.13. The minimum atomic E-state index is 0.469. The van der Waals surface area contributed by atoms with Gasteiger partial charge < -0.3 is 5.32 Å². The number of nitrogens with zero attached hydrogens (tertiary/aromatic N) is 2. The van der Waals surface area contributed by atoms with Crippen molar-refractivity contribution < 1.29 is 0 Å². The highest BCUT2D eigenvalue weighted by atomic mass is 32.1. The summed E-state index contributed by atoms with van der Waals surface area (Å²) >= 11 is 1.53. The molecule has 1 aromatic heterocycles. The summed E-state index contributed by atoms with van der Waals surface area (Å²) in [5.74, 6) is 0. The Balaban J connectivity index is 2.26. The van der Waals surface area contributed by atoms with Gasteiger partial charge in [-0.25, -0.2) is 0 Å². The van der Waals surface area contributed by atoms with E-state index in [4.69, 9.17) is 0 Å². The Labute approximate surface area is 109 Å². The fraction of sp³-hybridized carbons (Fsp3) is 0.846. The molecule has 1 N–H and O–H groups in total. The van der Waals surface area contributed by atoms with Gasteiger partial charge in [-0.05, 0) is 30.9 Å². The second-order valence-electron chi connectivity index (χ2n) is 4.53. The standard InChI is InChI=1S/C13H25N3S/c1-3-5-6-7-8-9-12(14-10-4-2)13-11-15-16-17-13/h11-12,14H,3-10H2,1-2H3. The minimum Gasteiger partial charge on any atom is -0.309 e. The third-order valence-electron chi connectivity index (χ3n) is 2.96. The van der Waals surface area contributed by atoms with Gasteiger partial charge in [-0.1, -0.05) is 50.4 Å². The summed E-state index contributed by atoms with van der Waals surface area (Å²) in [6, 6.07) is 0.469. The molecule has 1 heterocycles. The number of rotatable bonds is 10. The normalized spacial score (nSPS) is 12.8. The molecule has 0 saturated heterocycles. The lowest BCUT2D eigenvalue weighted by Gasteiger charge is -2.15. The van der Waals surface area contributed by atoms with Gasteiger partial charge in [0.15, 0.2) is 0 Å². The summed E-state index contributed by atoms with van der Waals surface area (Å²) in [5.41, 5.74) is 0. The van der Waals surface area contributed by atoms with Crippen LogP contribution in [0.3, 0.4) is 0 Å². The molecule has 1 rings (SSSR count). The van der Waals surface area contributed by atoms with Crippen molar-refractivity contribution in [2.45, 2.75) is 64.8 Å². The topological polar surface area (TPSA) is 37.8 Å². The fourth-order valence-electron chi connectivity index (χ4n) is 1.94. The van der Waals surface area contributed by atoms with Gasteiger partial charge in [0.25, 0.3) is 0 Å². The van der Waals surface area contributed by atoms with E-state index in [1.54, 1.807) is 0 Å². The molecule has 0 radical (unpaired) electrons. The van der Waals surface area contributed by atoms with E-state index in [2.05, 4.69) is 28.8 Å². The molecule has 0 aromatic carbocycles. The van der Waals surface area contributed by atoms with Gasteiger partial charge in [0.2, 0.25) is 0 Å². The average Bonchev–Trinajstić information content (AvgIpc) is 2.86. The van der Waals surface area contributed by atoms with E-state index in [9.17, 15) is 0 Å². The summed E-state index contributed by atoms with van der Waals surface area (Å²) in [7, 11) is 0. The largest absolute Gasteiger partial charge is 0.309 e. The van der Waals surface area contributed by atoms with Crippen molar-refractivity contribution in [1.82, 2.24) is 14.9 Å². The molecule has 0 saturated carbocycles. The van der Waals surface area contributed by atoms with Crippen molar-refractivity contribution in [1.29, 1.82) is 0 Å². The zero-order valence-electron chi connectivity index (χ0n) is 11.1. The number of hydrogen-bond donors (Lipinski definition) is 1. The van der Waals surface area contributed by atoms with Crippen molar-refractivity contribution in [2.75, 3.05) is 6.54 Å².